The van der Waals surface area contributed by atoms with Crippen molar-refractivity contribution in [2.75, 3.05) is 53.5 Å². The molecule has 0 aliphatic carbocycles. The van der Waals surface area contributed by atoms with E-state index in [1.165, 1.54) is 0 Å². The van der Waals surface area contributed by atoms with Crippen molar-refractivity contribution in [3.05, 3.63) is 23.8 Å². The first-order valence-corrected chi connectivity index (χ1v) is 7.57. The quantitative estimate of drug-likeness (QED) is 0.858. The van der Waals surface area contributed by atoms with Gasteiger partial charge in [-0.2, -0.15) is 0 Å². The highest BCUT2D eigenvalue weighted by molar-refractivity contribution is 5.42. The minimum absolute atomic E-state index is 0.0467. The zero-order valence-corrected chi connectivity index (χ0v) is 13.3. The van der Waals surface area contributed by atoms with Gasteiger partial charge < -0.3 is 20.1 Å². The zero-order valence-electron chi connectivity index (χ0n) is 13.3. The summed E-state index contributed by atoms with van der Waals surface area (Å²) < 4.78 is 11.2. The summed E-state index contributed by atoms with van der Waals surface area (Å²) in [6.07, 6.45) is 0. The summed E-state index contributed by atoms with van der Waals surface area (Å²) in [4.78, 5) is 4.79. The first-order valence-electron chi connectivity index (χ1n) is 7.57. The molecule has 5 nitrogen and oxygen atoms in total. The number of nitrogens with two attached hydrogens (primary N) is 1. The number of likely N-dealkylation sites (N-methyl/N-ethyl adjacent to an activating group) is 1. The van der Waals surface area contributed by atoms with Crippen LogP contribution >= 0.6 is 0 Å². The third-order valence-electron chi connectivity index (χ3n) is 3.97. The SMILES string of the molecule is COc1ccc(C(C)N)c(OCCN2CCN(C)CC2)c1. The lowest BCUT2D eigenvalue weighted by Gasteiger charge is -2.32. The molecule has 2 N–H and O–H groups in total. The van der Waals surface area contributed by atoms with Crippen LogP contribution in [0.25, 0.3) is 0 Å². The molecule has 1 aliphatic heterocycles. The van der Waals surface area contributed by atoms with Crippen molar-refractivity contribution in [2.45, 2.75) is 13.0 Å². The minimum Gasteiger partial charge on any atom is -0.497 e. The van der Waals surface area contributed by atoms with E-state index in [1.807, 2.05) is 25.1 Å². The van der Waals surface area contributed by atoms with E-state index in [-0.39, 0.29) is 6.04 Å². The predicted octanol–water partition coefficient (Wildman–Crippen LogP) is 1.34. The molecule has 0 aromatic heterocycles. The fraction of sp³-hybridized carbons (Fsp3) is 0.625. The molecule has 2 rings (SSSR count). The largest absolute Gasteiger partial charge is 0.497 e. The van der Waals surface area contributed by atoms with Crippen LogP contribution in [-0.2, 0) is 0 Å². The lowest BCUT2D eigenvalue weighted by Crippen LogP contribution is -2.45. The van der Waals surface area contributed by atoms with Gasteiger partial charge in [0.05, 0.1) is 7.11 Å². The Morgan fingerprint density at radius 1 is 1.24 bits per heavy atom. The second-order valence-electron chi connectivity index (χ2n) is 5.69. The number of nitrogens with zero attached hydrogens (tertiary/aromatic N) is 2. The summed E-state index contributed by atoms with van der Waals surface area (Å²) in [6, 6.07) is 5.78. The van der Waals surface area contributed by atoms with Crippen LogP contribution < -0.4 is 15.2 Å². The van der Waals surface area contributed by atoms with Crippen LogP contribution in [0.3, 0.4) is 0 Å². The van der Waals surface area contributed by atoms with Crippen LogP contribution in [0.1, 0.15) is 18.5 Å². The van der Waals surface area contributed by atoms with E-state index in [0.29, 0.717) is 6.61 Å². The van der Waals surface area contributed by atoms with Crippen LogP contribution in [0.15, 0.2) is 18.2 Å². The van der Waals surface area contributed by atoms with E-state index in [0.717, 1.165) is 49.8 Å². The van der Waals surface area contributed by atoms with E-state index < -0.39 is 0 Å². The topological polar surface area (TPSA) is 51.0 Å². The van der Waals surface area contributed by atoms with Crippen molar-refractivity contribution in [1.82, 2.24) is 9.80 Å². The number of piperazine rings is 1. The van der Waals surface area contributed by atoms with Gasteiger partial charge in [0.2, 0.25) is 0 Å². The molecule has 0 amide bonds. The van der Waals surface area contributed by atoms with Crippen LogP contribution in [0.2, 0.25) is 0 Å². The summed E-state index contributed by atoms with van der Waals surface area (Å²) in [7, 11) is 3.83. The Kier molecular flexibility index (Phi) is 5.85. The van der Waals surface area contributed by atoms with Gasteiger partial charge in [-0.3, -0.25) is 4.90 Å². The summed E-state index contributed by atoms with van der Waals surface area (Å²) in [5.41, 5.74) is 7.02. The lowest BCUT2D eigenvalue weighted by molar-refractivity contribution is 0.133. The molecule has 5 heteroatoms. The van der Waals surface area contributed by atoms with Gasteiger partial charge in [0.1, 0.15) is 18.1 Å². The van der Waals surface area contributed by atoms with Crippen molar-refractivity contribution in [3.63, 3.8) is 0 Å². The van der Waals surface area contributed by atoms with Gasteiger partial charge in [-0.15, -0.1) is 0 Å². The highest BCUT2D eigenvalue weighted by Gasteiger charge is 2.14. The Balaban J connectivity index is 1.89. The van der Waals surface area contributed by atoms with Crippen LogP contribution in [0.5, 0.6) is 11.5 Å². The van der Waals surface area contributed by atoms with Gasteiger partial charge in [-0.25, -0.2) is 0 Å². The molecule has 0 bridgehead atoms. The molecule has 1 aliphatic rings. The molecule has 0 saturated carbocycles. The smallest absolute Gasteiger partial charge is 0.127 e. The molecule has 1 heterocycles. The van der Waals surface area contributed by atoms with Gasteiger partial charge in [0, 0.05) is 50.4 Å². The van der Waals surface area contributed by atoms with E-state index in [2.05, 4.69) is 16.8 Å². The lowest BCUT2D eigenvalue weighted by atomic mass is 10.1. The number of hydrogen-bond donors (Lipinski definition) is 1. The Bertz CT molecular complexity index is 443. The van der Waals surface area contributed by atoms with Crippen molar-refractivity contribution in [2.24, 2.45) is 5.73 Å². The number of benzene rings is 1. The van der Waals surface area contributed by atoms with Gasteiger partial charge in [-0.1, -0.05) is 6.07 Å². The number of methoxy groups -OCH3 is 1. The number of rotatable bonds is 6. The molecule has 1 atom stereocenters. The fourth-order valence-corrected chi connectivity index (χ4v) is 2.50. The van der Waals surface area contributed by atoms with Crippen LogP contribution in [0.4, 0.5) is 0 Å². The van der Waals surface area contributed by atoms with Gasteiger partial charge in [-0.05, 0) is 20.0 Å². The van der Waals surface area contributed by atoms with Gasteiger partial charge in [0.25, 0.3) is 0 Å². The second kappa shape index (κ2) is 7.64. The molecule has 0 radical (unpaired) electrons. The summed E-state index contributed by atoms with van der Waals surface area (Å²) in [5, 5.41) is 0. The third kappa shape index (κ3) is 4.59. The molecule has 0 spiro atoms. The van der Waals surface area contributed by atoms with E-state index >= 15 is 0 Å². The fourth-order valence-electron chi connectivity index (χ4n) is 2.50. The minimum atomic E-state index is -0.0467. The zero-order chi connectivity index (χ0) is 15.2. The Labute approximate surface area is 127 Å². The number of ether oxygens (including phenoxy) is 2. The Hall–Kier alpha value is -1.30. The maximum Gasteiger partial charge on any atom is 0.127 e. The van der Waals surface area contributed by atoms with Gasteiger partial charge in [0.15, 0.2) is 0 Å². The Morgan fingerprint density at radius 2 is 1.95 bits per heavy atom. The van der Waals surface area contributed by atoms with Crippen molar-refractivity contribution < 1.29 is 9.47 Å². The maximum atomic E-state index is 6.00. The molecule has 1 unspecified atom stereocenters. The predicted molar refractivity (Wildman–Crippen MR) is 85.0 cm³/mol. The van der Waals surface area contributed by atoms with Crippen molar-refractivity contribution in [3.8, 4) is 11.5 Å². The second-order valence-corrected chi connectivity index (χ2v) is 5.69. The highest BCUT2D eigenvalue weighted by Crippen LogP contribution is 2.28. The Morgan fingerprint density at radius 3 is 2.57 bits per heavy atom. The molecular weight excluding hydrogens is 266 g/mol. The summed E-state index contributed by atoms with van der Waals surface area (Å²) in [6.45, 7) is 8.07. The standard InChI is InChI=1S/C16H27N3O2/c1-13(17)15-5-4-14(20-3)12-16(15)21-11-10-19-8-6-18(2)7-9-19/h4-5,12-13H,6-11,17H2,1-3H3. The van der Waals surface area contributed by atoms with E-state index in [9.17, 15) is 0 Å². The maximum absolute atomic E-state index is 6.00. The average molecular weight is 293 g/mol. The average Bonchev–Trinajstić information content (AvgIpc) is 2.49. The molecule has 21 heavy (non-hydrogen) atoms. The number of hydrogen-bond acceptors (Lipinski definition) is 5. The third-order valence-corrected chi connectivity index (χ3v) is 3.97. The van der Waals surface area contributed by atoms with Crippen LogP contribution in [0, 0.1) is 0 Å². The molecule has 1 aromatic carbocycles. The highest BCUT2D eigenvalue weighted by atomic mass is 16.5. The monoisotopic (exact) mass is 293 g/mol. The molecule has 1 aromatic rings. The normalized spacial score (nSPS) is 18.5. The van der Waals surface area contributed by atoms with Crippen molar-refractivity contribution >= 4 is 0 Å². The van der Waals surface area contributed by atoms with Crippen LogP contribution in [-0.4, -0.2) is 63.3 Å². The van der Waals surface area contributed by atoms with Crippen molar-refractivity contribution in [1.29, 1.82) is 0 Å². The summed E-state index contributed by atoms with van der Waals surface area (Å²) >= 11 is 0. The molecule has 118 valence electrons. The van der Waals surface area contributed by atoms with E-state index in [1.54, 1.807) is 7.11 Å². The van der Waals surface area contributed by atoms with E-state index in [4.69, 9.17) is 15.2 Å². The molecule has 1 saturated heterocycles. The van der Waals surface area contributed by atoms with Gasteiger partial charge >= 0.3 is 0 Å². The molecular formula is C16H27N3O2. The first-order chi connectivity index (χ1) is 10.1. The summed E-state index contributed by atoms with van der Waals surface area (Å²) in [5.74, 6) is 1.63. The first kappa shape index (κ1) is 16.1. The molecule has 1 fully saturated rings.